The quantitative estimate of drug-likeness (QED) is 0.487. The molecular formula is C22H14O3S. The Morgan fingerprint density at radius 2 is 1.31 bits per heavy atom. The average molecular weight is 358 g/mol. The predicted octanol–water partition coefficient (Wildman–Crippen LogP) is 4.70. The number of aryl methyl sites for hydroxylation is 1. The van der Waals surface area contributed by atoms with Crippen molar-refractivity contribution in [2.24, 2.45) is 0 Å². The van der Waals surface area contributed by atoms with Crippen molar-refractivity contribution in [1.82, 2.24) is 0 Å². The van der Waals surface area contributed by atoms with E-state index in [0.717, 1.165) is 22.2 Å². The maximum Gasteiger partial charge on any atom is 0.224 e. The molecule has 0 bridgehead atoms. The second kappa shape index (κ2) is 6.39. The first-order chi connectivity index (χ1) is 12.5. The summed E-state index contributed by atoms with van der Waals surface area (Å²) in [6, 6.07) is 19.2. The van der Waals surface area contributed by atoms with Crippen LogP contribution in [-0.2, 0) is 0 Å². The van der Waals surface area contributed by atoms with Gasteiger partial charge in [0.05, 0.1) is 0 Å². The summed E-state index contributed by atoms with van der Waals surface area (Å²) in [7, 11) is 0. The molecule has 0 unspecified atom stereocenters. The molecule has 0 aliphatic heterocycles. The number of ketones is 2. The van der Waals surface area contributed by atoms with Gasteiger partial charge in [-0.05, 0) is 49.0 Å². The highest BCUT2D eigenvalue weighted by atomic mass is 32.2. The van der Waals surface area contributed by atoms with Crippen molar-refractivity contribution < 1.29 is 14.4 Å². The molecule has 1 aliphatic rings. The first-order valence-corrected chi connectivity index (χ1v) is 8.97. The molecule has 0 spiro atoms. The van der Waals surface area contributed by atoms with Gasteiger partial charge in [0.25, 0.3) is 0 Å². The minimum absolute atomic E-state index is 0.157. The van der Waals surface area contributed by atoms with Gasteiger partial charge >= 0.3 is 0 Å². The third-order valence-electron chi connectivity index (χ3n) is 4.39. The van der Waals surface area contributed by atoms with E-state index in [1.165, 1.54) is 6.07 Å². The van der Waals surface area contributed by atoms with Crippen molar-refractivity contribution in [2.75, 3.05) is 0 Å². The lowest BCUT2D eigenvalue weighted by Crippen LogP contribution is -2.21. The van der Waals surface area contributed by atoms with Gasteiger partial charge < -0.3 is 0 Å². The normalized spacial score (nSPS) is 12.5. The van der Waals surface area contributed by atoms with Crippen LogP contribution in [0.1, 0.15) is 47.8 Å². The fourth-order valence-corrected chi connectivity index (χ4v) is 3.73. The van der Waals surface area contributed by atoms with Crippen LogP contribution in [0.25, 0.3) is 0 Å². The van der Waals surface area contributed by atoms with Gasteiger partial charge in [-0.2, -0.15) is 0 Å². The van der Waals surface area contributed by atoms with E-state index in [-0.39, 0.29) is 16.7 Å². The van der Waals surface area contributed by atoms with E-state index in [1.807, 2.05) is 31.2 Å². The van der Waals surface area contributed by atoms with Gasteiger partial charge in [0.1, 0.15) is 0 Å². The second-order valence-corrected chi connectivity index (χ2v) is 7.21. The van der Waals surface area contributed by atoms with Crippen LogP contribution < -0.4 is 0 Å². The van der Waals surface area contributed by atoms with Gasteiger partial charge in [0, 0.05) is 32.7 Å². The Bertz CT molecular complexity index is 1070. The molecular weight excluding hydrogens is 344 g/mol. The van der Waals surface area contributed by atoms with Crippen molar-refractivity contribution in [2.45, 2.75) is 11.8 Å². The molecule has 0 radical (unpaired) electrons. The van der Waals surface area contributed by atoms with Crippen molar-refractivity contribution in [3.63, 3.8) is 0 Å². The third-order valence-corrected chi connectivity index (χ3v) is 5.32. The van der Waals surface area contributed by atoms with Crippen LogP contribution in [0.5, 0.6) is 0 Å². The second-order valence-electron chi connectivity index (χ2n) is 6.17. The number of benzene rings is 3. The summed E-state index contributed by atoms with van der Waals surface area (Å²) in [5.41, 5.74) is 2.99. The van der Waals surface area contributed by atoms with Gasteiger partial charge in [-0.15, -0.1) is 0 Å². The Labute approximate surface area is 155 Å². The molecule has 4 heteroatoms. The average Bonchev–Trinajstić information content (AvgIpc) is 2.67. The van der Waals surface area contributed by atoms with Crippen LogP contribution in [0.4, 0.5) is 0 Å². The van der Waals surface area contributed by atoms with E-state index >= 15 is 0 Å². The summed E-state index contributed by atoms with van der Waals surface area (Å²) in [5.74, 6) is -0.398. The molecule has 126 valence electrons. The molecule has 26 heavy (non-hydrogen) atoms. The van der Waals surface area contributed by atoms with Crippen molar-refractivity contribution in [1.29, 1.82) is 0 Å². The van der Waals surface area contributed by atoms with Crippen molar-refractivity contribution in [3.05, 3.63) is 100 Å². The molecule has 0 atom stereocenters. The number of fused-ring (bicyclic) bond motifs is 2. The molecule has 0 fully saturated rings. The summed E-state index contributed by atoms with van der Waals surface area (Å²) in [5, 5.41) is -0.157. The Hall–Kier alpha value is -2.98. The molecule has 3 aromatic rings. The largest absolute Gasteiger partial charge is 0.289 e. The number of thioether (sulfide) groups is 1. The maximum atomic E-state index is 12.8. The fourth-order valence-electron chi connectivity index (χ4n) is 3.00. The molecule has 0 saturated heterocycles. The highest BCUT2D eigenvalue weighted by Crippen LogP contribution is 2.30. The minimum Gasteiger partial charge on any atom is -0.289 e. The molecule has 3 nitrogen and oxygen atoms in total. The Morgan fingerprint density at radius 1 is 0.731 bits per heavy atom. The standard InChI is InChI=1S/C22H14O3S/c1-13-6-9-15(10-7-13)26-22(25)14-8-11-18-19(12-14)21(24)17-5-3-2-4-16(17)20(18)23/h2-12H,1H3. The number of hydrogen-bond acceptors (Lipinski definition) is 4. The van der Waals surface area contributed by atoms with E-state index < -0.39 is 0 Å². The predicted molar refractivity (Wildman–Crippen MR) is 101 cm³/mol. The Balaban J connectivity index is 1.69. The SMILES string of the molecule is Cc1ccc(SC(=O)c2ccc3c(c2)C(=O)c2ccccc2C3=O)cc1. The summed E-state index contributed by atoms with van der Waals surface area (Å²) in [4.78, 5) is 38.8. The van der Waals surface area contributed by atoms with Crippen LogP contribution in [0, 0.1) is 6.92 Å². The topological polar surface area (TPSA) is 51.2 Å². The summed E-state index contributed by atoms with van der Waals surface area (Å²) in [6.45, 7) is 1.99. The first kappa shape index (κ1) is 16.5. The molecule has 1 aliphatic carbocycles. The van der Waals surface area contributed by atoms with Crippen LogP contribution in [0.3, 0.4) is 0 Å². The van der Waals surface area contributed by atoms with E-state index in [1.54, 1.807) is 36.4 Å². The molecule has 3 aromatic carbocycles. The van der Waals surface area contributed by atoms with Crippen molar-refractivity contribution in [3.8, 4) is 0 Å². The Kier molecular flexibility index (Phi) is 4.05. The van der Waals surface area contributed by atoms with Crippen LogP contribution >= 0.6 is 11.8 Å². The lowest BCUT2D eigenvalue weighted by molar-refractivity contribution is 0.0978. The zero-order valence-corrected chi connectivity index (χ0v) is 14.8. The Morgan fingerprint density at radius 3 is 1.96 bits per heavy atom. The van der Waals surface area contributed by atoms with Crippen LogP contribution in [-0.4, -0.2) is 16.7 Å². The molecule has 0 amide bonds. The van der Waals surface area contributed by atoms with E-state index in [2.05, 4.69) is 0 Å². The van der Waals surface area contributed by atoms with E-state index in [9.17, 15) is 14.4 Å². The monoisotopic (exact) mass is 358 g/mol. The number of carbonyl (C=O) groups is 3. The highest BCUT2D eigenvalue weighted by Gasteiger charge is 2.29. The molecule has 0 N–H and O–H groups in total. The zero-order chi connectivity index (χ0) is 18.3. The van der Waals surface area contributed by atoms with E-state index in [4.69, 9.17) is 0 Å². The zero-order valence-electron chi connectivity index (χ0n) is 14.0. The van der Waals surface area contributed by atoms with Crippen LogP contribution in [0.2, 0.25) is 0 Å². The lowest BCUT2D eigenvalue weighted by atomic mass is 9.83. The summed E-state index contributed by atoms with van der Waals surface area (Å²) < 4.78 is 0. The first-order valence-electron chi connectivity index (χ1n) is 8.16. The van der Waals surface area contributed by atoms with Gasteiger partial charge in [-0.25, -0.2) is 0 Å². The molecule has 4 rings (SSSR count). The smallest absolute Gasteiger partial charge is 0.224 e. The number of carbonyl (C=O) groups excluding carboxylic acids is 3. The number of rotatable bonds is 2. The van der Waals surface area contributed by atoms with Crippen LogP contribution in [0.15, 0.2) is 71.6 Å². The lowest BCUT2D eigenvalue weighted by Gasteiger charge is -2.17. The van der Waals surface area contributed by atoms with Gasteiger partial charge in [0.2, 0.25) is 5.12 Å². The van der Waals surface area contributed by atoms with Crippen molar-refractivity contribution >= 4 is 28.4 Å². The highest BCUT2D eigenvalue weighted by molar-refractivity contribution is 8.14. The van der Waals surface area contributed by atoms with E-state index in [0.29, 0.717) is 27.8 Å². The van der Waals surface area contributed by atoms with Gasteiger partial charge in [-0.1, -0.05) is 42.0 Å². The molecule has 0 aromatic heterocycles. The third kappa shape index (κ3) is 2.78. The van der Waals surface area contributed by atoms with Gasteiger partial charge in [-0.3, -0.25) is 14.4 Å². The van der Waals surface area contributed by atoms with Gasteiger partial charge in [0.15, 0.2) is 11.6 Å². The maximum absolute atomic E-state index is 12.8. The minimum atomic E-state index is -0.217. The summed E-state index contributed by atoms with van der Waals surface area (Å²) in [6.07, 6.45) is 0. The summed E-state index contributed by atoms with van der Waals surface area (Å²) >= 11 is 1.11. The fraction of sp³-hybridized carbons (Fsp3) is 0.0455. The molecule has 0 heterocycles. The molecule has 0 saturated carbocycles. The number of hydrogen-bond donors (Lipinski definition) is 0.